The van der Waals surface area contributed by atoms with Crippen molar-refractivity contribution in [2.24, 2.45) is 0 Å². The SMILES string of the molecule is CCOc1c(/C(C)=C/C(=O)Nc2cccc(C)c2C)cc2c(C)coc2c1C. The van der Waals surface area contributed by atoms with Crippen molar-refractivity contribution in [2.45, 2.75) is 41.5 Å². The van der Waals surface area contributed by atoms with E-state index in [1.807, 2.05) is 65.8 Å². The lowest BCUT2D eigenvalue weighted by Gasteiger charge is -2.15. The van der Waals surface area contributed by atoms with Crippen LogP contribution in [0.25, 0.3) is 16.5 Å². The summed E-state index contributed by atoms with van der Waals surface area (Å²) < 4.78 is 11.6. The van der Waals surface area contributed by atoms with E-state index in [4.69, 9.17) is 9.15 Å². The third kappa shape index (κ3) is 3.68. The molecule has 0 aliphatic heterocycles. The molecule has 28 heavy (non-hydrogen) atoms. The minimum absolute atomic E-state index is 0.157. The van der Waals surface area contributed by atoms with Crippen LogP contribution in [0, 0.1) is 27.7 Å². The number of furan rings is 1. The van der Waals surface area contributed by atoms with E-state index < -0.39 is 0 Å². The van der Waals surface area contributed by atoms with Crippen molar-refractivity contribution >= 4 is 28.1 Å². The number of aryl methyl sites for hydroxylation is 3. The molecule has 0 unspecified atom stereocenters. The summed E-state index contributed by atoms with van der Waals surface area (Å²) in [4.78, 5) is 12.6. The van der Waals surface area contributed by atoms with Gasteiger partial charge in [0.2, 0.25) is 5.91 Å². The standard InChI is InChI=1S/C24H27NO3/c1-7-27-23-18(6)24-20(16(4)13-28-24)12-19(23)15(3)11-22(26)25-21-10-8-9-14(2)17(21)5/h8-13H,7H2,1-6H3,(H,25,26)/b15-11+. The van der Waals surface area contributed by atoms with Gasteiger partial charge in [-0.3, -0.25) is 4.79 Å². The molecule has 1 heterocycles. The zero-order valence-corrected chi connectivity index (χ0v) is 17.4. The fourth-order valence-corrected chi connectivity index (χ4v) is 3.39. The van der Waals surface area contributed by atoms with Crippen LogP contribution in [0.1, 0.15) is 41.7 Å². The number of carbonyl (C=O) groups excluding carboxylic acids is 1. The fraction of sp³-hybridized carbons (Fsp3) is 0.292. The third-order valence-electron chi connectivity index (χ3n) is 5.16. The highest BCUT2D eigenvalue weighted by atomic mass is 16.5. The van der Waals surface area contributed by atoms with Crippen molar-refractivity contribution in [1.82, 2.24) is 0 Å². The zero-order valence-electron chi connectivity index (χ0n) is 17.4. The van der Waals surface area contributed by atoms with E-state index in [-0.39, 0.29) is 5.91 Å². The van der Waals surface area contributed by atoms with Gasteiger partial charge >= 0.3 is 0 Å². The quantitative estimate of drug-likeness (QED) is 0.546. The lowest BCUT2D eigenvalue weighted by atomic mass is 9.98. The fourth-order valence-electron chi connectivity index (χ4n) is 3.39. The maximum absolute atomic E-state index is 12.6. The second-order valence-electron chi connectivity index (χ2n) is 7.17. The van der Waals surface area contributed by atoms with Gasteiger partial charge in [-0.25, -0.2) is 0 Å². The van der Waals surface area contributed by atoms with Gasteiger partial charge in [0.05, 0.1) is 12.9 Å². The summed E-state index contributed by atoms with van der Waals surface area (Å²) >= 11 is 0. The highest BCUT2D eigenvalue weighted by Gasteiger charge is 2.17. The average Bonchev–Trinajstić information content (AvgIpc) is 3.02. The van der Waals surface area contributed by atoms with Gasteiger partial charge < -0.3 is 14.5 Å². The summed E-state index contributed by atoms with van der Waals surface area (Å²) in [6.07, 6.45) is 3.38. The topological polar surface area (TPSA) is 51.5 Å². The first-order valence-corrected chi connectivity index (χ1v) is 9.53. The van der Waals surface area contributed by atoms with Crippen LogP contribution < -0.4 is 10.1 Å². The summed E-state index contributed by atoms with van der Waals surface area (Å²) in [6.45, 7) is 12.5. The predicted octanol–water partition coefficient (Wildman–Crippen LogP) is 6.11. The van der Waals surface area contributed by atoms with Gasteiger partial charge in [0.25, 0.3) is 0 Å². The van der Waals surface area contributed by atoms with Crippen LogP contribution in [0.15, 0.2) is 41.0 Å². The van der Waals surface area contributed by atoms with E-state index in [2.05, 4.69) is 5.32 Å². The number of carbonyl (C=O) groups is 1. The molecule has 1 aromatic heterocycles. The molecule has 0 aliphatic rings. The van der Waals surface area contributed by atoms with E-state index in [1.54, 1.807) is 12.3 Å². The van der Waals surface area contributed by atoms with Crippen molar-refractivity contribution in [3.63, 3.8) is 0 Å². The first-order valence-electron chi connectivity index (χ1n) is 9.53. The Morgan fingerprint density at radius 3 is 2.61 bits per heavy atom. The van der Waals surface area contributed by atoms with E-state index in [9.17, 15) is 4.79 Å². The van der Waals surface area contributed by atoms with Crippen LogP contribution in [0.5, 0.6) is 5.75 Å². The van der Waals surface area contributed by atoms with Gasteiger partial charge in [-0.2, -0.15) is 0 Å². The molecule has 4 nitrogen and oxygen atoms in total. The molecule has 0 saturated carbocycles. The third-order valence-corrected chi connectivity index (χ3v) is 5.16. The molecule has 0 radical (unpaired) electrons. The van der Waals surface area contributed by atoms with Gasteiger partial charge in [-0.05, 0) is 75.9 Å². The largest absolute Gasteiger partial charge is 0.493 e. The Balaban J connectivity index is 2.00. The van der Waals surface area contributed by atoms with E-state index in [0.717, 1.165) is 55.8 Å². The van der Waals surface area contributed by atoms with E-state index in [1.165, 1.54) is 0 Å². The highest BCUT2D eigenvalue weighted by molar-refractivity contribution is 6.05. The zero-order chi connectivity index (χ0) is 20.4. The molecule has 4 heteroatoms. The van der Waals surface area contributed by atoms with Gasteiger partial charge in [0.1, 0.15) is 11.3 Å². The van der Waals surface area contributed by atoms with Crippen LogP contribution in [0.2, 0.25) is 0 Å². The Hall–Kier alpha value is -3.01. The molecule has 3 aromatic rings. The van der Waals surface area contributed by atoms with Gasteiger partial charge in [0, 0.05) is 28.3 Å². The maximum atomic E-state index is 12.6. The number of nitrogens with one attached hydrogen (secondary N) is 1. The van der Waals surface area contributed by atoms with Gasteiger partial charge in [-0.15, -0.1) is 0 Å². The molecular formula is C24H27NO3. The Labute approximate surface area is 166 Å². The molecule has 0 saturated heterocycles. The average molecular weight is 377 g/mol. The molecule has 0 spiro atoms. The number of benzene rings is 2. The predicted molar refractivity (Wildman–Crippen MR) is 115 cm³/mol. The normalized spacial score (nSPS) is 11.7. The summed E-state index contributed by atoms with van der Waals surface area (Å²) in [5.41, 5.74) is 7.65. The summed E-state index contributed by atoms with van der Waals surface area (Å²) in [5.74, 6) is 0.605. The Bertz CT molecular complexity index is 1070. The number of anilines is 1. The monoisotopic (exact) mass is 377 g/mol. The second-order valence-corrected chi connectivity index (χ2v) is 7.17. The molecule has 0 atom stereocenters. The van der Waals surface area contributed by atoms with Crippen LogP contribution in [0.4, 0.5) is 5.69 Å². The van der Waals surface area contributed by atoms with Gasteiger partial charge in [0.15, 0.2) is 0 Å². The van der Waals surface area contributed by atoms with Crippen LogP contribution in [-0.4, -0.2) is 12.5 Å². The molecule has 0 fully saturated rings. The van der Waals surface area contributed by atoms with Crippen LogP contribution >= 0.6 is 0 Å². The Morgan fingerprint density at radius 1 is 1.14 bits per heavy atom. The molecule has 1 amide bonds. The minimum atomic E-state index is -0.157. The number of ether oxygens (including phenoxy) is 1. The summed E-state index contributed by atoms with van der Waals surface area (Å²) in [5, 5.41) is 4.03. The highest BCUT2D eigenvalue weighted by Crippen LogP contribution is 2.37. The Morgan fingerprint density at radius 2 is 1.89 bits per heavy atom. The van der Waals surface area contributed by atoms with Crippen molar-refractivity contribution in [3.05, 3.63) is 64.4 Å². The maximum Gasteiger partial charge on any atom is 0.248 e. The van der Waals surface area contributed by atoms with Crippen molar-refractivity contribution in [2.75, 3.05) is 11.9 Å². The number of hydrogen-bond acceptors (Lipinski definition) is 3. The van der Waals surface area contributed by atoms with Crippen molar-refractivity contribution in [1.29, 1.82) is 0 Å². The molecular weight excluding hydrogens is 350 g/mol. The molecule has 1 N–H and O–H groups in total. The van der Waals surface area contributed by atoms with Gasteiger partial charge in [-0.1, -0.05) is 12.1 Å². The molecule has 146 valence electrons. The number of rotatable bonds is 5. The first-order chi connectivity index (χ1) is 13.3. The number of fused-ring (bicyclic) bond motifs is 1. The molecule has 3 rings (SSSR count). The summed E-state index contributed by atoms with van der Waals surface area (Å²) in [7, 11) is 0. The molecule has 2 aromatic carbocycles. The lowest BCUT2D eigenvalue weighted by molar-refractivity contribution is -0.111. The molecule has 0 bridgehead atoms. The first kappa shape index (κ1) is 19.7. The molecule has 0 aliphatic carbocycles. The Kier molecular flexibility index (Phi) is 5.59. The van der Waals surface area contributed by atoms with Crippen LogP contribution in [-0.2, 0) is 4.79 Å². The smallest absolute Gasteiger partial charge is 0.248 e. The lowest BCUT2D eigenvalue weighted by Crippen LogP contribution is -2.10. The van der Waals surface area contributed by atoms with Crippen molar-refractivity contribution in [3.8, 4) is 5.75 Å². The number of amides is 1. The van der Waals surface area contributed by atoms with E-state index >= 15 is 0 Å². The summed E-state index contributed by atoms with van der Waals surface area (Å²) in [6, 6.07) is 7.94. The minimum Gasteiger partial charge on any atom is -0.493 e. The number of allylic oxidation sites excluding steroid dienone is 1. The van der Waals surface area contributed by atoms with Crippen LogP contribution in [0.3, 0.4) is 0 Å². The van der Waals surface area contributed by atoms with E-state index in [0.29, 0.717) is 6.61 Å². The van der Waals surface area contributed by atoms with Crippen molar-refractivity contribution < 1.29 is 13.9 Å². The number of hydrogen-bond donors (Lipinski definition) is 1. The second kappa shape index (κ2) is 7.93.